The molecule has 2 fully saturated rings. The number of aryl methyl sites for hydroxylation is 1. The van der Waals surface area contributed by atoms with Crippen LogP contribution in [0.4, 0.5) is 22.2 Å². The Morgan fingerprint density at radius 1 is 1.09 bits per heavy atom. The van der Waals surface area contributed by atoms with Crippen molar-refractivity contribution < 1.29 is 13.8 Å². The average Bonchev–Trinajstić information content (AvgIpc) is 3.81. The highest BCUT2D eigenvalue weighted by molar-refractivity contribution is 7.82. The molecule has 300 valence electrons. The summed E-state index contributed by atoms with van der Waals surface area (Å²) < 4.78 is 19.4. The molecule has 0 aliphatic carbocycles. The zero-order chi connectivity index (χ0) is 40.1. The fraction of sp³-hybridized carbons (Fsp3) is 0.475. The molecule has 57 heavy (non-hydrogen) atoms. The van der Waals surface area contributed by atoms with Crippen molar-refractivity contribution in [1.29, 1.82) is 5.26 Å². The number of fused-ring (bicyclic) bond motifs is 2. The Hall–Kier alpha value is -5.44. The second-order valence-electron chi connectivity index (χ2n) is 15.0. The molecule has 2 aliphatic rings. The molecular weight excluding hydrogens is 743 g/mol. The highest BCUT2D eigenvalue weighted by Gasteiger charge is 2.27. The number of hydrogen-bond donors (Lipinski definition) is 3. The number of hydrogen-bond acceptors (Lipinski definition) is 11. The fourth-order valence-corrected chi connectivity index (χ4v) is 9.07. The molecule has 17 heteroatoms. The monoisotopic (exact) mass is 793 g/mol. The van der Waals surface area contributed by atoms with Gasteiger partial charge in [-0.1, -0.05) is 6.07 Å². The molecule has 5 aromatic rings. The third-order valence-corrected chi connectivity index (χ3v) is 12.5. The van der Waals surface area contributed by atoms with Gasteiger partial charge in [-0.2, -0.15) is 20.4 Å². The Morgan fingerprint density at radius 3 is 2.60 bits per heavy atom. The fourth-order valence-electron chi connectivity index (χ4n) is 7.82. The minimum atomic E-state index is -1.36. The van der Waals surface area contributed by atoms with Crippen molar-refractivity contribution in [2.75, 3.05) is 68.4 Å². The molecule has 3 N–H and O–H groups in total. The van der Waals surface area contributed by atoms with E-state index in [1.807, 2.05) is 28.2 Å². The van der Waals surface area contributed by atoms with E-state index in [4.69, 9.17) is 4.98 Å². The lowest BCUT2D eigenvalue weighted by atomic mass is 9.89. The summed E-state index contributed by atoms with van der Waals surface area (Å²) in [6, 6.07) is 14.1. The van der Waals surface area contributed by atoms with E-state index in [-0.39, 0.29) is 31.1 Å². The van der Waals surface area contributed by atoms with Crippen LogP contribution in [-0.2, 0) is 22.8 Å². The molecule has 2 amide bonds. The number of nitriles is 1. The molecule has 3 aromatic heterocycles. The van der Waals surface area contributed by atoms with Crippen molar-refractivity contribution in [3.8, 4) is 6.07 Å². The van der Waals surface area contributed by atoms with Gasteiger partial charge in [-0.15, -0.1) is 0 Å². The zero-order valence-corrected chi connectivity index (χ0v) is 33.8. The minimum absolute atomic E-state index is 0.167. The highest BCUT2D eigenvalue weighted by atomic mass is 32.2. The SMILES string of the molecule is CNC(=O)N(CCC=O)c1nn(C)c2cc(C3CCN(CCNc4cc(S(=O)N5CCC(Nc6ncc7cnn(C(C)C)c7n6)CC5)ccc4C#N)CC3)ccc12. The summed E-state index contributed by atoms with van der Waals surface area (Å²) in [6.45, 7) is 9.10. The highest BCUT2D eigenvalue weighted by Crippen LogP contribution is 2.33. The van der Waals surface area contributed by atoms with Crippen LogP contribution in [0.2, 0.25) is 0 Å². The number of anilines is 3. The molecule has 16 nitrogen and oxygen atoms in total. The molecule has 7 rings (SSSR count). The van der Waals surface area contributed by atoms with Crippen LogP contribution in [-0.4, -0.2) is 114 Å². The summed E-state index contributed by atoms with van der Waals surface area (Å²) in [5.41, 5.74) is 4.24. The van der Waals surface area contributed by atoms with Gasteiger partial charge in [0.15, 0.2) is 11.5 Å². The van der Waals surface area contributed by atoms with Crippen molar-refractivity contribution in [2.24, 2.45) is 7.05 Å². The summed E-state index contributed by atoms with van der Waals surface area (Å²) in [7, 11) is 2.09. The number of benzene rings is 2. The van der Waals surface area contributed by atoms with Gasteiger partial charge in [0.25, 0.3) is 0 Å². The third kappa shape index (κ3) is 8.78. The number of carbonyl (C=O) groups excluding carboxylic acids is 2. The summed E-state index contributed by atoms with van der Waals surface area (Å²) in [5, 5.41) is 30.3. The summed E-state index contributed by atoms with van der Waals surface area (Å²) in [5.74, 6) is 1.53. The van der Waals surface area contributed by atoms with E-state index in [2.05, 4.69) is 68.1 Å². The molecular formula is C40H51N13O3S. The molecule has 0 radical (unpaired) electrons. The molecule has 0 spiro atoms. The Bertz CT molecular complexity index is 2280. The van der Waals surface area contributed by atoms with Gasteiger partial charge in [0.1, 0.15) is 23.3 Å². The van der Waals surface area contributed by atoms with Gasteiger partial charge in [-0.25, -0.2) is 23.0 Å². The quantitative estimate of drug-likeness (QED) is 0.132. The first-order valence-corrected chi connectivity index (χ1v) is 20.8. The minimum Gasteiger partial charge on any atom is -0.383 e. The molecule has 0 saturated carbocycles. The van der Waals surface area contributed by atoms with Crippen molar-refractivity contribution in [1.82, 2.24) is 44.1 Å². The van der Waals surface area contributed by atoms with Crippen LogP contribution in [0, 0.1) is 11.3 Å². The van der Waals surface area contributed by atoms with Crippen LogP contribution < -0.4 is 20.9 Å². The van der Waals surface area contributed by atoms with Gasteiger partial charge in [-0.3, -0.25) is 9.58 Å². The van der Waals surface area contributed by atoms with Crippen molar-refractivity contribution >= 4 is 62.7 Å². The normalized spacial score (nSPS) is 16.5. The number of piperidine rings is 2. The maximum Gasteiger partial charge on any atom is 0.322 e. The van der Waals surface area contributed by atoms with Crippen LogP contribution in [0.15, 0.2) is 53.7 Å². The number of carbonyl (C=O) groups is 2. The molecule has 1 unspecified atom stereocenters. The largest absolute Gasteiger partial charge is 0.383 e. The van der Waals surface area contributed by atoms with Crippen LogP contribution in [0.25, 0.3) is 21.9 Å². The molecule has 1 atom stereocenters. The number of rotatable bonds is 14. The molecule has 2 saturated heterocycles. The lowest BCUT2D eigenvalue weighted by molar-refractivity contribution is -0.107. The lowest BCUT2D eigenvalue weighted by Crippen LogP contribution is -2.40. The number of nitrogens with zero attached hydrogens (tertiary/aromatic N) is 10. The van der Waals surface area contributed by atoms with Crippen LogP contribution in [0.1, 0.15) is 69.0 Å². The topological polar surface area (TPSA) is 182 Å². The van der Waals surface area contributed by atoms with Crippen LogP contribution >= 0.6 is 0 Å². The van der Waals surface area contributed by atoms with Gasteiger partial charge >= 0.3 is 6.03 Å². The first kappa shape index (κ1) is 39.8. The molecule has 0 bridgehead atoms. The first-order chi connectivity index (χ1) is 27.7. The van der Waals surface area contributed by atoms with E-state index in [9.17, 15) is 19.1 Å². The molecule has 2 aromatic carbocycles. The van der Waals surface area contributed by atoms with E-state index >= 15 is 0 Å². The number of nitrogens with one attached hydrogen (secondary N) is 3. The lowest BCUT2D eigenvalue weighted by Gasteiger charge is -2.32. The number of aromatic nitrogens is 6. The predicted molar refractivity (Wildman–Crippen MR) is 222 cm³/mol. The number of likely N-dealkylation sites (tertiary alicyclic amines) is 1. The van der Waals surface area contributed by atoms with Gasteiger partial charge in [0.2, 0.25) is 5.95 Å². The zero-order valence-electron chi connectivity index (χ0n) is 33.0. The van der Waals surface area contributed by atoms with Gasteiger partial charge < -0.3 is 25.6 Å². The number of urea groups is 1. The summed E-state index contributed by atoms with van der Waals surface area (Å²) >= 11 is 0. The summed E-state index contributed by atoms with van der Waals surface area (Å²) in [4.78, 5) is 37.5. The maximum atomic E-state index is 13.7. The van der Waals surface area contributed by atoms with E-state index in [1.54, 1.807) is 36.3 Å². The van der Waals surface area contributed by atoms with Crippen LogP contribution in [0.3, 0.4) is 0 Å². The van der Waals surface area contributed by atoms with Crippen LogP contribution in [0.5, 0.6) is 0 Å². The third-order valence-electron chi connectivity index (χ3n) is 11.0. The number of amides is 2. The Morgan fingerprint density at radius 2 is 1.88 bits per heavy atom. The van der Waals surface area contributed by atoms with Crippen molar-refractivity contribution in [2.45, 2.75) is 68.8 Å². The second-order valence-corrected chi connectivity index (χ2v) is 16.5. The van der Waals surface area contributed by atoms with Crippen molar-refractivity contribution in [3.05, 3.63) is 59.9 Å². The Kier molecular flexibility index (Phi) is 12.4. The van der Waals surface area contributed by atoms with E-state index in [1.165, 1.54) is 10.5 Å². The smallest absolute Gasteiger partial charge is 0.322 e. The second kappa shape index (κ2) is 17.8. The van der Waals surface area contributed by atoms with E-state index in [0.717, 1.165) is 73.5 Å². The van der Waals surface area contributed by atoms with Crippen molar-refractivity contribution in [3.63, 3.8) is 0 Å². The standard InChI is InChI=1S/C40H51N13O3S/c1-27(2)53-37-31(26-45-53)25-44-39(47-37)46-32-12-18-51(19-13-32)57(56)33-8-6-30(24-41)35(23-33)43-14-20-50-16-10-28(11-17-50)29-7-9-34-36(22-29)49(4)48-38(34)52(15-5-21-54)40(55)42-3/h6-9,21-23,25-28,32,43H,5,10-20H2,1-4H3,(H,42,55)(H,44,46,47). The van der Waals surface area contributed by atoms with E-state index < -0.39 is 11.0 Å². The maximum absolute atomic E-state index is 13.7. The Labute approximate surface area is 335 Å². The predicted octanol–water partition coefficient (Wildman–Crippen LogP) is 4.79. The van der Waals surface area contributed by atoms with Gasteiger partial charge in [0.05, 0.1) is 33.2 Å². The first-order valence-electron chi connectivity index (χ1n) is 19.7. The van der Waals surface area contributed by atoms with Gasteiger partial charge in [0, 0.05) is 76.9 Å². The molecule has 2 aliphatic heterocycles. The summed E-state index contributed by atoms with van der Waals surface area (Å²) in [6.07, 6.45) is 8.24. The average molecular weight is 794 g/mol. The number of aldehydes is 1. The molecule has 5 heterocycles. The van der Waals surface area contributed by atoms with Gasteiger partial charge in [-0.05, 0) is 94.4 Å². The van der Waals surface area contributed by atoms with E-state index in [0.29, 0.717) is 53.5 Å². The Balaban J connectivity index is 0.900.